The van der Waals surface area contributed by atoms with Crippen LogP contribution in [0.4, 0.5) is 4.39 Å². The molecule has 0 radical (unpaired) electrons. The molecule has 0 aliphatic rings. The minimum absolute atomic E-state index is 0.173. The maximum absolute atomic E-state index is 13.0. The number of nitrogens with one attached hydrogen (secondary N) is 1. The quantitative estimate of drug-likeness (QED) is 0.724. The van der Waals surface area contributed by atoms with Crippen molar-refractivity contribution in [1.82, 2.24) is 20.0 Å². The number of halogens is 1. The molecule has 1 N–H and O–H groups in total. The first-order chi connectivity index (χ1) is 11.6. The van der Waals surface area contributed by atoms with E-state index >= 15 is 0 Å². The van der Waals surface area contributed by atoms with E-state index in [-0.39, 0.29) is 11.9 Å². The molecule has 3 rings (SSSR count). The Morgan fingerprint density at radius 1 is 1.25 bits per heavy atom. The minimum atomic E-state index is -0.250. The molecule has 126 valence electrons. The van der Waals surface area contributed by atoms with E-state index in [1.54, 1.807) is 23.1 Å². The molecule has 2 heterocycles. The number of benzene rings is 1. The molecule has 0 aliphatic carbocycles. The van der Waals surface area contributed by atoms with Crippen LogP contribution in [0.15, 0.2) is 59.5 Å². The van der Waals surface area contributed by atoms with Gasteiger partial charge in [0.15, 0.2) is 0 Å². The number of furan rings is 1. The van der Waals surface area contributed by atoms with Crippen molar-refractivity contribution in [2.24, 2.45) is 0 Å². The zero-order valence-corrected chi connectivity index (χ0v) is 13.8. The highest BCUT2D eigenvalue weighted by atomic mass is 19.1. The predicted molar refractivity (Wildman–Crippen MR) is 90.4 cm³/mol. The summed E-state index contributed by atoms with van der Waals surface area (Å²) in [6.45, 7) is 1.47. The standard InChI is InChI=1S/C18H21FN4O/c1-22(2)17(18-4-3-9-24-18)12-20-10-14-11-21-23(13-14)16-7-5-15(19)6-8-16/h3-9,11,13,17,20H,10,12H2,1-2H3. The van der Waals surface area contributed by atoms with Gasteiger partial charge in [-0.1, -0.05) is 0 Å². The van der Waals surface area contributed by atoms with Crippen LogP contribution in [-0.4, -0.2) is 35.3 Å². The van der Waals surface area contributed by atoms with Crippen molar-refractivity contribution in [2.75, 3.05) is 20.6 Å². The number of likely N-dealkylation sites (N-methyl/N-ethyl adjacent to an activating group) is 1. The van der Waals surface area contributed by atoms with Crippen molar-refractivity contribution in [2.45, 2.75) is 12.6 Å². The second-order valence-electron chi connectivity index (χ2n) is 5.90. The van der Waals surface area contributed by atoms with E-state index in [1.165, 1.54) is 12.1 Å². The Kier molecular flexibility index (Phi) is 5.08. The van der Waals surface area contributed by atoms with Crippen molar-refractivity contribution in [3.8, 4) is 5.69 Å². The van der Waals surface area contributed by atoms with Gasteiger partial charge in [-0.15, -0.1) is 0 Å². The summed E-state index contributed by atoms with van der Waals surface area (Å²) in [4.78, 5) is 2.12. The van der Waals surface area contributed by atoms with Gasteiger partial charge in [0.05, 0.1) is 24.2 Å². The number of hydrogen-bond donors (Lipinski definition) is 1. The summed E-state index contributed by atoms with van der Waals surface area (Å²) in [6, 6.07) is 10.3. The van der Waals surface area contributed by atoms with Gasteiger partial charge >= 0.3 is 0 Å². The van der Waals surface area contributed by atoms with Gasteiger partial charge < -0.3 is 9.73 Å². The van der Waals surface area contributed by atoms with E-state index in [2.05, 4.69) is 15.3 Å². The third kappa shape index (κ3) is 3.90. The Balaban J connectivity index is 1.58. The fourth-order valence-electron chi connectivity index (χ4n) is 2.56. The lowest BCUT2D eigenvalue weighted by atomic mass is 10.2. The van der Waals surface area contributed by atoms with Gasteiger partial charge in [0.25, 0.3) is 0 Å². The molecule has 2 aromatic heterocycles. The largest absolute Gasteiger partial charge is 0.468 e. The van der Waals surface area contributed by atoms with Gasteiger partial charge in [-0.3, -0.25) is 4.90 Å². The molecule has 5 nitrogen and oxygen atoms in total. The van der Waals surface area contributed by atoms with Crippen LogP contribution in [0.2, 0.25) is 0 Å². The molecule has 0 fully saturated rings. The average Bonchev–Trinajstić information content (AvgIpc) is 3.24. The Hall–Kier alpha value is -2.44. The Morgan fingerprint density at radius 2 is 2.04 bits per heavy atom. The summed E-state index contributed by atoms with van der Waals surface area (Å²) < 4.78 is 20.2. The highest BCUT2D eigenvalue weighted by molar-refractivity contribution is 5.31. The second kappa shape index (κ2) is 7.42. The summed E-state index contributed by atoms with van der Waals surface area (Å²) in [5.74, 6) is 0.690. The molecule has 1 unspecified atom stereocenters. The molecule has 6 heteroatoms. The summed E-state index contributed by atoms with van der Waals surface area (Å²) >= 11 is 0. The second-order valence-corrected chi connectivity index (χ2v) is 5.90. The first kappa shape index (κ1) is 16.4. The van der Waals surface area contributed by atoms with Gasteiger partial charge in [-0.05, 0) is 50.5 Å². The molecule has 1 atom stereocenters. The van der Waals surface area contributed by atoms with Crippen LogP contribution in [0.25, 0.3) is 5.69 Å². The summed E-state index contributed by atoms with van der Waals surface area (Å²) in [5, 5.41) is 7.75. The fraction of sp³-hybridized carbons (Fsp3) is 0.278. The summed E-state index contributed by atoms with van der Waals surface area (Å²) in [5.41, 5.74) is 1.90. The first-order valence-electron chi connectivity index (χ1n) is 7.83. The molecule has 3 aromatic rings. The highest BCUT2D eigenvalue weighted by Gasteiger charge is 2.16. The molecule has 24 heavy (non-hydrogen) atoms. The molecular weight excluding hydrogens is 307 g/mol. The lowest BCUT2D eigenvalue weighted by Gasteiger charge is -2.22. The lowest BCUT2D eigenvalue weighted by molar-refractivity contribution is 0.250. The third-order valence-corrected chi connectivity index (χ3v) is 3.89. The number of hydrogen-bond acceptors (Lipinski definition) is 4. The van der Waals surface area contributed by atoms with Crippen LogP contribution in [0.1, 0.15) is 17.4 Å². The smallest absolute Gasteiger partial charge is 0.123 e. The zero-order chi connectivity index (χ0) is 16.9. The predicted octanol–water partition coefficient (Wildman–Crippen LogP) is 3.00. The maximum atomic E-state index is 13.0. The van der Waals surface area contributed by atoms with Crippen molar-refractivity contribution in [1.29, 1.82) is 0 Å². The minimum Gasteiger partial charge on any atom is -0.468 e. The molecular formula is C18H21FN4O. The molecule has 0 saturated carbocycles. The van der Waals surface area contributed by atoms with Crippen molar-refractivity contribution >= 4 is 0 Å². The highest BCUT2D eigenvalue weighted by Crippen LogP contribution is 2.17. The van der Waals surface area contributed by atoms with Gasteiger partial charge in [-0.2, -0.15) is 5.10 Å². The number of rotatable bonds is 7. The number of aromatic nitrogens is 2. The fourth-order valence-corrected chi connectivity index (χ4v) is 2.56. The first-order valence-corrected chi connectivity index (χ1v) is 7.83. The number of nitrogens with zero attached hydrogens (tertiary/aromatic N) is 3. The monoisotopic (exact) mass is 328 g/mol. The van der Waals surface area contributed by atoms with Crippen molar-refractivity contribution in [3.63, 3.8) is 0 Å². The molecule has 0 saturated heterocycles. The summed E-state index contributed by atoms with van der Waals surface area (Å²) in [6.07, 6.45) is 5.45. The topological polar surface area (TPSA) is 46.2 Å². The normalized spacial score (nSPS) is 12.7. The van der Waals surface area contributed by atoms with E-state index in [4.69, 9.17) is 4.42 Å². The van der Waals surface area contributed by atoms with Crippen LogP contribution in [-0.2, 0) is 6.54 Å². The SMILES string of the molecule is CN(C)C(CNCc1cnn(-c2ccc(F)cc2)c1)c1ccco1. The van der Waals surface area contributed by atoms with E-state index < -0.39 is 0 Å². The van der Waals surface area contributed by atoms with Crippen LogP contribution in [0.3, 0.4) is 0 Å². The van der Waals surface area contributed by atoms with E-state index in [1.807, 2.05) is 38.6 Å². The molecule has 0 spiro atoms. The van der Waals surface area contributed by atoms with Crippen LogP contribution in [0, 0.1) is 5.82 Å². The van der Waals surface area contributed by atoms with Crippen molar-refractivity contribution < 1.29 is 8.81 Å². The average molecular weight is 328 g/mol. The molecule has 0 aliphatic heterocycles. The molecule has 0 bridgehead atoms. The van der Waals surface area contributed by atoms with Crippen LogP contribution < -0.4 is 5.32 Å². The Labute approximate surface area is 140 Å². The van der Waals surface area contributed by atoms with E-state index in [0.717, 1.165) is 23.6 Å². The van der Waals surface area contributed by atoms with Gasteiger partial charge in [-0.25, -0.2) is 9.07 Å². The maximum Gasteiger partial charge on any atom is 0.123 e. The third-order valence-electron chi connectivity index (χ3n) is 3.89. The molecule has 0 amide bonds. The van der Waals surface area contributed by atoms with E-state index in [9.17, 15) is 4.39 Å². The van der Waals surface area contributed by atoms with E-state index in [0.29, 0.717) is 6.54 Å². The molecule has 1 aromatic carbocycles. The van der Waals surface area contributed by atoms with Gasteiger partial charge in [0.2, 0.25) is 0 Å². The van der Waals surface area contributed by atoms with Crippen molar-refractivity contribution in [3.05, 3.63) is 72.2 Å². The van der Waals surface area contributed by atoms with Gasteiger partial charge in [0.1, 0.15) is 11.6 Å². The summed E-state index contributed by atoms with van der Waals surface area (Å²) in [7, 11) is 4.06. The lowest BCUT2D eigenvalue weighted by Crippen LogP contribution is -2.30. The van der Waals surface area contributed by atoms with Crippen LogP contribution in [0.5, 0.6) is 0 Å². The Bertz CT molecular complexity index is 750. The van der Waals surface area contributed by atoms with Gasteiger partial charge in [0, 0.05) is 24.8 Å². The Morgan fingerprint density at radius 3 is 2.71 bits per heavy atom. The zero-order valence-electron chi connectivity index (χ0n) is 13.8. The van der Waals surface area contributed by atoms with Crippen LogP contribution >= 0.6 is 0 Å².